The first-order chi connectivity index (χ1) is 6.78. The normalized spacial score (nSPS) is 10.7. The molecule has 0 unspecified atom stereocenters. The van der Waals surface area contributed by atoms with E-state index in [0.717, 1.165) is 12.8 Å². The molecule has 0 saturated carbocycles. The van der Waals surface area contributed by atoms with Gasteiger partial charge in [0.15, 0.2) is 0 Å². The quantitative estimate of drug-likeness (QED) is 0.404. The maximum absolute atomic E-state index is 7.66. The minimum absolute atomic E-state index is 0.228. The summed E-state index contributed by atoms with van der Waals surface area (Å²) in [5.74, 6) is 0.275. The maximum Gasteiger partial charge on any atom is 0.0972 e. The van der Waals surface area contributed by atoms with Gasteiger partial charge >= 0.3 is 0 Å². The molecule has 0 aromatic carbocycles. The van der Waals surface area contributed by atoms with Crippen LogP contribution in [0.3, 0.4) is 0 Å². The van der Waals surface area contributed by atoms with Crippen LogP contribution in [0.1, 0.15) is 47.5 Å². The van der Waals surface area contributed by atoms with Crippen molar-refractivity contribution in [3.63, 3.8) is 0 Å². The number of nitrogens with one attached hydrogen (secondary N) is 1. The van der Waals surface area contributed by atoms with Crippen molar-refractivity contribution in [2.24, 2.45) is 11.1 Å². The Bertz CT molecular complexity index is 257. The van der Waals surface area contributed by atoms with Gasteiger partial charge in [-0.2, -0.15) is 0 Å². The molecule has 2 heteroatoms. The highest BCUT2D eigenvalue weighted by molar-refractivity contribution is 5.83. The lowest BCUT2D eigenvalue weighted by molar-refractivity contribution is 0.471. The average Bonchev–Trinajstić information content (AvgIpc) is 2.11. The fraction of sp³-hybridized carbons (Fsp3) is 0.615. The third kappa shape index (κ3) is 5.40. The summed E-state index contributed by atoms with van der Waals surface area (Å²) in [5.41, 5.74) is 8.00. The van der Waals surface area contributed by atoms with Crippen LogP contribution in [0.5, 0.6) is 0 Å². The monoisotopic (exact) mass is 208 g/mol. The van der Waals surface area contributed by atoms with Crippen molar-refractivity contribution in [2.75, 3.05) is 0 Å². The Morgan fingerprint density at radius 3 is 1.60 bits per heavy atom. The molecule has 3 N–H and O–H groups in total. The molecule has 0 fully saturated rings. The SMILES string of the molecule is CC(C)=CCC(C)(CC=C(C)C)C(=N)N. The van der Waals surface area contributed by atoms with Crippen molar-refractivity contribution in [1.82, 2.24) is 0 Å². The molecule has 0 amide bonds. The molecule has 2 nitrogen and oxygen atoms in total. The topological polar surface area (TPSA) is 49.9 Å². The molecule has 0 spiro atoms. The highest BCUT2D eigenvalue weighted by Gasteiger charge is 2.25. The minimum Gasteiger partial charge on any atom is -0.387 e. The Hall–Kier alpha value is -1.05. The van der Waals surface area contributed by atoms with Crippen LogP contribution >= 0.6 is 0 Å². The molecular weight excluding hydrogens is 184 g/mol. The molecule has 0 saturated heterocycles. The Morgan fingerprint density at radius 2 is 1.40 bits per heavy atom. The van der Waals surface area contributed by atoms with Gasteiger partial charge in [-0.3, -0.25) is 5.41 Å². The van der Waals surface area contributed by atoms with Crippen LogP contribution in [0.25, 0.3) is 0 Å². The molecule has 86 valence electrons. The van der Waals surface area contributed by atoms with E-state index in [9.17, 15) is 0 Å². The van der Waals surface area contributed by atoms with Crippen LogP contribution in [0.2, 0.25) is 0 Å². The summed E-state index contributed by atoms with van der Waals surface area (Å²) in [6.45, 7) is 10.3. The molecule has 0 heterocycles. The Balaban J connectivity index is 4.68. The molecular formula is C13H24N2. The van der Waals surface area contributed by atoms with Crippen molar-refractivity contribution in [3.05, 3.63) is 23.3 Å². The van der Waals surface area contributed by atoms with Gasteiger partial charge < -0.3 is 5.73 Å². The van der Waals surface area contributed by atoms with Gasteiger partial charge in [0.2, 0.25) is 0 Å². The third-order valence-corrected chi connectivity index (χ3v) is 2.57. The van der Waals surface area contributed by atoms with Crippen LogP contribution in [-0.2, 0) is 0 Å². The van der Waals surface area contributed by atoms with E-state index in [1.807, 2.05) is 6.92 Å². The zero-order valence-corrected chi connectivity index (χ0v) is 10.6. The zero-order chi connectivity index (χ0) is 12.1. The summed E-state index contributed by atoms with van der Waals surface area (Å²) in [4.78, 5) is 0. The number of hydrogen-bond donors (Lipinski definition) is 2. The van der Waals surface area contributed by atoms with Crippen LogP contribution in [0.15, 0.2) is 23.3 Å². The maximum atomic E-state index is 7.66. The first kappa shape index (κ1) is 13.9. The second-order valence-electron chi connectivity index (χ2n) is 4.95. The van der Waals surface area contributed by atoms with Gasteiger partial charge in [-0.1, -0.05) is 30.2 Å². The van der Waals surface area contributed by atoms with Gasteiger partial charge in [0.25, 0.3) is 0 Å². The van der Waals surface area contributed by atoms with E-state index in [2.05, 4.69) is 39.8 Å². The van der Waals surface area contributed by atoms with E-state index >= 15 is 0 Å². The number of allylic oxidation sites excluding steroid dienone is 4. The number of rotatable bonds is 5. The fourth-order valence-corrected chi connectivity index (χ4v) is 1.16. The van der Waals surface area contributed by atoms with Gasteiger partial charge in [0, 0.05) is 5.41 Å². The third-order valence-electron chi connectivity index (χ3n) is 2.57. The highest BCUT2D eigenvalue weighted by Crippen LogP contribution is 2.28. The first-order valence-corrected chi connectivity index (χ1v) is 5.39. The van der Waals surface area contributed by atoms with Crippen molar-refractivity contribution in [1.29, 1.82) is 5.41 Å². The number of amidine groups is 1. The zero-order valence-electron chi connectivity index (χ0n) is 10.6. The fourth-order valence-electron chi connectivity index (χ4n) is 1.16. The van der Waals surface area contributed by atoms with E-state index in [1.54, 1.807) is 0 Å². The van der Waals surface area contributed by atoms with Crippen molar-refractivity contribution in [3.8, 4) is 0 Å². The minimum atomic E-state index is -0.228. The Morgan fingerprint density at radius 1 is 1.07 bits per heavy atom. The first-order valence-electron chi connectivity index (χ1n) is 5.39. The van der Waals surface area contributed by atoms with Gasteiger partial charge in [-0.25, -0.2) is 0 Å². The molecule has 0 aromatic rings. The summed E-state index contributed by atoms with van der Waals surface area (Å²) in [5, 5.41) is 7.66. The molecule has 0 aliphatic carbocycles. The second kappa shape index (κ2) is 5.74. The number of nitrogens with two attached hydrogens (primary N) is 1. The standard InChI is InChI=1S/C13H24N2/c1-10(2)6-8-13(5,12(14)15)9-7-11(3)4/h6-7H,8-9H2,1-5H3,(H3,14,15). The summed E-state index contributed by atoms with van der Waals surface area (Å²) in [7, 11) is 0. The smallest absolute Gasteiger partial charge is 0.0972 e. The van der Waals surface area contributed by atoms with E-state index < -0.39 is 0 Å². The summed E-state index contributed by atoms with van der Waals surface area (Å²) < 4.78 is 0. The van der Waals surface area contributed by atoms with E-state index in [4.69, 9.17) is 11.1 Å². The van der Waals surface area contributed by atoms with Gasteiger partial charge in [0.05, 0.1) is 5.84 Å². The number of hydrogen-bond acceptors (Lipinski definition) is 1. The van der Waals surface area contributed by atoms with Crippen molar-refractivity contribution >= 4 is 5.84 Å². The van der Waals surface area contributed by atoms with E-state index in [-0.39, 0.29) is 11.3 Å². The predicted molar refractivity (Wildman–Crippen MR) is 68.1 cm³/mol. The lowest BCUT2D eigenvalue weighted by atomic mass is 9.81. The summed E-state index contributed by atoms with van der Waals surface area (Å²) >= 11 is 0. The molecule has 0 radical (unpaired) electrons. The molecule has 0 atom stereocenters. The predicted octanol–water partition coefficient (Wildman–Crippen LogP) is 3.64. The molecule has 0 aliphatic rings. The highest BCUT2D eigenvalue weighted by atomic mass is 14.7. The largest absolute Gasteiger partial charge is 0.387 e. The van der Waals surface area contributed by atoms with Crippen molar-refractivity contribution < 1.29 is 0 Å². The average molecular weight is 208 g/mol. The van der Waals surface area contributed by atoms with Gasteiger partial charge in [-0.15, -0.1) is 0 Å². The summed E-state index contributed by atoms with van der Waals surface area (Å²) in [6, 6.07) is 0. The molecule has 0 bridgehead atoms. The molecule has 0 rings (SSSR count). The van der Waals surface area contributed by atoms with Crippen LogP contribution < -0.4 is 5.73 Å². The Kier molecular flexibility index (Phi) is 5.34. The van der Waals surface area contributed by atoms with Gasteiger partial charge in [-0.05, 0) is 40.5 Å². The molecule has 0 aromatic heterocycles. The van der Waals surface area contributed by atoms with Crippen LogP contribution in [-0.4, -0.2) is 5.84 Å². The lowest BCUT2D eigenvalue weighted by Crippen LogP contribution is -2.33. The van der Waals surface area contributed by atoms with E-state index in [0.29, 0.717) is 0 Å². The molecule has 15 heavy (non-hydrogen) atoms. The second-order valence-corrected chi connectivity index (χ2v) is 4.95. The Labute approximate surface area is 93.8 Å². The van der Waals surface area contributed by atoms with Crippen LogP contribution in [0.4, 0.5) is 0 Å². The van der Waals surface area contributed by atoms with Crippen LogP contribution in [0, 0.1) is 10.8 Å². The van der Waals surface area contributed by atoms with Crippen molar-refractivity contribution in [2.45, 2.75) is 47.5 Å². The summed E-state index contributed by atoms with van der Waals surface area (Å²) in [6.07, 6.45) is 5.99. The lowest BCUT2D eigenvalue weighted by Gasteiger charge is -2.26. The molecule has 0 aliphatic heterocycles. The van der Waals surface area contributed by atoms with E-state index in [1.165, 1.54) is 11.1 Å². The van der Waals surface area contributed by atoms with Gasteiger partial charge in [0.1, 0.15) is 0 Å².